The Morgan fingerprint density at radius 3 is 2.92 bits per heavy atom. The van der Waals surface area contributed by atoms with Crippen molar-refractivity contribution in [3.8, 4) is 0 Å². The molecule has 0 amide bonds. The number of nitrogens with zero attached hydrogens (tertiary/aromatic N) is 1. The number of halogens is 1. The molecule has 1 heterocycles. The van der Waals surface area contributed by atoms with E-state index in [9.17, 15) is 0 Å². The number of hydrogen-bond donors (Lipinski definition) is 0. The molecular formula is C10H16ClNS. The Kier molecular flexibility index (Phi) is 5.44. The van der Waals surface area contributed by atoms with Gasteiger partial charge in [-0.2, -0.15) is 0 Å². The van der Waals surface area contributed by atoms with Gasteiger partial charge in [-0.1, -0.05) is 6.07 Å². The van der Waals surface area contributed by atoms with Crippen LogP contribution in [0.2, 0.25) is 0 Å². The van der Waals surface area contributed by atoms with Gasteiger partial charge in [0, 0.05) is 17.3 Å². The number of alkyl halides is 1. The van der Waals surface area contributed by atoms with Gasteiger partial charge in [0.1, 0.15) is 0 Å². The maximum atomic E-state index is 5.62. The van der Waals surface area contributed by atoms with Crippen LogP contribution in [0.4, 0.5) is 0 Å². The van der Waals surface area contributed by atoms with Crippen molar-refractivity contribution < 1.29 is 0 Å². The van der Waals surface area contributed by atoms with E-state index in [0.717, 1.165) is 31.8 Å². The topological polar surface area (TPSA) is 3.24 Å². The molecule has 0 atom stereocenters. The first-order valence-electron chi connectivity index (χ1n) is 4.60. The summed E-state index contributed by atoms with van der Waals surface area (Å²) in [6.07, 6.45) is 2.25. The first kappa shape index (κ1) is 11.0. The Morgan fingerprint density at radius 2 is 2.31 bits per heavy atom. The van der Waals surface area contributed by atoms with Crippen LogP contribution in [0.1, 0.15) is 11.3 Å². The standard InChI is InChI=1S/C10H16ClNS/c1-12(7-3-6-11)8-5-10-4-2-9-13-10/h2,4,9H,3,5-8H2,1H3. The highest BCUT2D eigenvalue weighted by Gasteiger charge is 1.98. The second kappa shape index (κ2) is 6.41. The molecule has 0 aliphatic carbocycles. The number of rotatable bonds is 6. The Morgan fingerprint density at radius 1 is 1.46 bits per heavy atom. The number of thiophene rings is 1. The summed E-state index contributed by atoms with van der Waals surface area (Å²) >= 11 is 7.46. The maximum absolute atomic E-state index is 5.62. The van der Waals surface area contributed by atoms with Gasteiger partial charge in [-0.15, -0.1) is 22.9 Å². The lowest BCUT2D eigenvalue weighted by Gasteiger charge is -2.14. The Balaban J connectivity index is 2.11. The molecule has 13 heavy (non-hydrogen) atoms. The van der Waals surface area contributed by atoms with Crippen molar-refractivity contribution in [1.82, 2.24) is 4.90 Å². The summed E-state index contributed by atoms with van der Waals surface area (Å²) in [5, 5.41) is 2.13. The minimum absolute atomic E-state index is 0.767. The lowest BCUT2D eigenvalue weighted by Crippen LogP contribution is -2.22. The monoisotopic (exact) mass is 217 g/mol. The van der Waals surface area contributed by atoms with Crippen LogP contribution in [-0.4, -0.2) is 30.9 Å². The first-order valence-corrected chi connectivity index (χ1v) is 6.01. The van der Waals surface area contributed by atoms with Crippen molar-refractivity contribution in [1.29, 1.82) is 0 Å². The third-order valence-corrected chi connectivity index (χ3v) is 3.20. The van der Waals surface area contributed by atoms with Gasteiger partial charge in [0.25, 0.3) is 0 Å². The van der Waals surface area contributed by atoms with Gasteiger partial charge in [-0.3, -0.25) is 0 Å². The van der Waals surface area contributed by atoms with Crippen LogP contribution < -0.4 is 0 Å². The summed E-state index contributed by atoms with van der Waals surface area (Å²) in [5.74, 6) is 0.767. The fourth-order valence-electron chi connectivity index (χ4n) is 1.20. The molecule has 0 N–H and O–H groups in total. The van der Waals surface area contributed by atoms with Gasteiger partial charge in [-0.05, 0) is 37.9 Å². The molecule has 1 aromatic heterocycles. The zero-order valence-electron chi connectivity index (χ0n) is 8.00. The molecule has 1 aromatic rings. The molecule has 0 radical (unpaired) electrons. The van der Waals surface area contributed by atoms with E-state index in [1.54, 1.807) is 0 Å². The van der Waals surface area contributed by atoms with E-state index in [1.165, 1.54) is 4.88 Å². The lowest BCUT2D eigenvalue weighted by molar-refractivity contribution is 0.341. The van der Waals surface area contributed by atoms with Gasteiger partial charge in [0.15, 0.2) is 0 Å². The summed E-state index contributed by atoms with van der Waals surface area (Å²) in [4.78, 5) is 3.81. The second-order valence-electron chi connectivity index (χ2n) is 3.18. The zero-order valence-corrected chi connectivity index (χ0v) is 9.57. The average Bonchev–Trinajstić information content (AvgIpc) is 2.64. The molecule has 0 saturated heterocycles. The second-order valence-corrected chi connectivity index (χ2v) is 4.59. The normalized spacial score (nSPS) is 11.0. The molecule has 0 spiro atoms. The van der Waals surface area contributed by atoms with E-state index in [2.05, 4.69) is 29.5 Å². The van der Waals surface area contributed by atoms with Gasteiger partial charge < -0.3 is 4.90 Å². The smallest absolute Gasteiger partial charge is 0.0235 e. The first-order chi connectivity index (χ1) is 6.33. The number of likely N-dealkylation sites (N-methyl/N-ethyl adjacent to an activating group) is 1. The van der Waals surface area contributed by atoms with E-state index >= 15 is 0 Å². The van der Waals surface area contributed by atoms with E-state index in [4.69, 9.17) is 11.6 Å². The number of hydrogen-bond acceptors (Lipinski definition) is 2. The van der Waals surface area contributed by atoms with E-state index in [1.807, 2.05) is 11.3 Å². The van der Waals surface area contributed by atoms with E-state index in [0.29, 0.717) is 0 Å². The van der Waals surface area contributed by atoms with Crippen molar-refractivity contribution in [3.05, 3.63) is 22.4 Å². The van der Waals surface area contributed by atoms with Crippen molar-refractivity contribution in [2.75, 3.05) is 26.0 Å². The highest BCUT2D eigenvalue weighted by atomic mass is 35.5. The summed E-state index contributed by atoms with van der Waals surface area (Å²) in [5.41, 5.74) is 0. The van der Waals surface area contributed by atoms with Gasteiger partial charge in [0.2, 0.25) is 0 Å². The SMILES string of the molecule is CN(CCCCl)CCc1cccs1. The van der Waals surface area contributed by atoms with Crippen molar-refractivity contribution >= 4 is 22.9 Å². The molecule has 0 aliphatic heterocycles. The quantitative estimate of drug-likeness (QED) is 0.663. The predicted octanol–water partition coefficient (Wildman–Crippen LogP) is 2.85. The van der Waals surface area contributed by atoms with Gasteiger partial charge >= 0.3 is 0 Å². The van der Waals surface area contributed by atoms with Gasteiger partial charge in [0.05, 0.1) is 0 Å². The summed E-state index contributed by atoms with van der Waals surface area (Å²) in [7, 11) is 2.15. The highest BCUT2D eigenvalue weighted by molar-refractivity contribution is 7.09. The van der Waals surface area contributed by atoms with Crippen LogP contribution in [0.15, 0.2) is 17.5 Å². The highest BCUT2D eigenvalue weighted by Crippen LogP contribution is 2.09. The van der Waals surface area contributed by atoms with Crippen LogP contribution in [0.5, 0.6) is 0 Å². The molecule has 0 unspecified atom stereocenters. The third-order valence-electron chi connectivity index (χ3n) is 1.99. The fourth-order valence-corrected chi connectivity index (χ4v) is 2.02. The van der Waals surface area contributed by atoms with Crippen LogP contribution in [0.25, 0.3) is 0 Å². The molecular weight excluding hydrogens is 202 g/mol. The predicted molar refractivity (Wildman–Crippen MR) is 60.9 cm³/mol. The van der Waals surface area contributed by atoms with E-state index < -0.39 is 0 Å². The lowest BCUT2D eigenvalue weighted by atomic mass is 10.3. The Hall–Kier alpha value is -0.0500. The molecule has 0 aliphatic rings. The molecule has 0 saturated carbocycles. The molecule has 1 nitrogen and oxygen atoms in total. The van der Waals surface area contributed by atoms with Gasteiger partial charge in [-0.25, -0.2) is 0 Å². The Bertz CT molecular complexity index is 211. The van der Waals surface area contributed by atoms with Crippen LogP contribution >= 0.6 is 22.9 Å². The zero-order chi connectivity index (χ0) is 9.52. The van der Waals surface area contributed by atoms with Crippen LogP contribution in [0, 0.1) is 0 Å². The maximum Gasteiger partial charge on any atom is 0.0235 e. The minimum atomic E-state index is 0.767. The molecule has 0 aromatic carbocycles. The molecule has 74 valence electrons. The van der Waals surface area contributed by atoms with Crippen LogP contribution in [-0.2, 0) is 6.42 Å². The third kappa shape index (κ3) is 4.65. The van der Waals surface area contributed by atoms with Crippen molar-refractivity contribution in [2.24, 2.45) is 0 Å². The largest absolute Gasteiger partial charge is 0.306 e. The molecule has 3 heteroatoms. The average molecular weight is 218 g/mol. The summed E-state index contributed by atoms with van der Waals surface area (Å²) < 4.78 is 0. The molecule has 1 rings (SSSR count). The van der Waals surface area contributed by atoms with Crippen molar-refractivity contribution in [2.45, 2.75) is 12.8 Å². The fraction of sp³-hybridized carbons (Fsp3) is 0.600. The molecule has 0 bridgehead atoms. The van der Waals surface area contributed by atoms with Crippen LogP contribution in [0.3, 0.4) is 0 Å². The summed E-state index contributed by atoms with van der Waals surface area (Å²) in [6, 6.07) is 4.30. The van der Waals surface area contributed by atoms with Crippen molar-refractivity contribution in [3.63, 3.8) is 0 Å². The minimum Gasteiger partial charge on any atom is -0.306 e. The summed E-state index contributed by atoms with van der Waals surface area (Å²) in [6.45, 7) is 2.24. The van der Waals surface area contributed by atoms with E-state index in [-0.39, 0.29) is 0 Å². The molecule has 0 fully saturated rings. The Labute approximate surface area is 89.3 Å².